The Morgan fingerprint density at radius 2 is 1.72 bits per heavy atom. The molecule has 0 spiro atoms. The minimum absolute atomic E-state index is 0.0246. The van der Waals surface area contributed by atoms with Crippen molar-refractivity contribution >= 4 is 35.0 Å². The Morgan fingerprint density at radius 3 is 2.31 bits per heavy atom. The molecule has 1 aromatic carbocycles. The van der Waals surface area contributed by atoms with E-state index in [4.69, 9.17) is 11.6 Å². The van der Waals surface area contributed by atoms with Gasteiger partial charge in [0.05, 0.1) is 0 Å². The second-order valence-electron chi connectivity index (χ2n) is 11.4. The van der Waals surface area contributed by atoms with Gasteiger partial charge in [-0.2, -0.15) is 5.10 Å². The lowest BCUT2D eigenvalue weighted by Gasteiger charge is -2.34. The van der Waals surface area contributed by atoms with Crippen molar-refractivity contribution in [3.63, 3.8) is 0 Å². The third kappa shape index (κ3) is 6.14. The summed E-state index contributed by atoms with van der Waals surface area (Å²) in [5, 5.41) is 4.93. The van der Waals surface area contributed by atoms with Crippen LogP contribution in [0.3, 0.4) is 0 Å². The predicted octanol–water partition coefficient (Wildman–Crippen LogP) is 3.07. The highest BCUT2D eigenvalue weighted by Crippen LogP contribution is 2.32. The Hall–Kier alpha value is -2.91. The lowest BCUT2D eigenvalue weighted by Crippen LogP contribution is -2.44. The zero-order valence-electron chi connectivity index (χ0n) is 23.2. The van der Waals surface area contributed by atoms with Crippen LogP contribution in [-0.2, 0) is 16.6 Å². The van der Waals surface area contributed by atoms with Gasteiger partial charge < -0.3 is 19.6 Å². The van der Waals surface area contributed by atoms with Gasteiger partial charge in [-0.05, 0) is 68.3 Å². The Bertz CT molecular complexity index is 1210. The van der Waals surface area contributed by atoms with E-state index in [1.165, 1.54) is 0 Å². The molecular weight excluding hydrogens is 516 g/mol. The van der Waals surface area contributed by atoms with E-state index in [1.54, 1.807) is 23.9 Å². The number of piperidine rings is 1. The summed E-state index contributed by atoms with van der Waals surface area (Å²) in [6.45, 7) is 9.86. The molecule has 2 unspecified atom stereocenters. The zero-order valence-corrected chi connectivity index (χ0v) is 23.9. The molecule has 210 valence electrons. The van der Waals surface area contributed by atoms with Crippen molar-refractivity contribution in [2.45, 2.75) is 33.1 Å². The molecule has 0 saturated carbocycles. The van der Waals surface area contributed by atoms with E-state index in [1.807, 2.05) is 46.9 Å². The van der Waals surface area contributed by atoms with E-state index < -0.39 is 0 Å². The molecule has 5 rings (SSSR count). The van der Waals surface area contributed by atoms with Crippen LogP contribution in [0, 0.1) is 24.7 Å². The van der Waals surface area contributed by atoms with Crippen molar-refractivity contribution in [1.82, 2.24) is 24.5 Å². The Morgan fingerprint density at radius 1 is 1.03 bits per heavy atom. The van der Waals surface area contributed by atoms with Crippen LogP contribution in [0.5, 0.6) is 0 Å². The molecule has 3 aliphatic rings. The SMILES string of the molecule is CC(=O)N1CCC(C(=O)N(CCCN2CC3CN(C(=O)c4ccn(C)n4)CC3C2)c2ccc(C)c(Cl)c2)CC1. The van der Waals surface area contributed by atoms with Crippen LogP contribution in [-0.4, -0.2) is 94.6 Å². The first-order valence-electron chi connectivity index (χ1n) is 14.0. The molecule has 9 nitrogen and oxygen atoms in total. The van der Waals surface area contributed by atoms with Crippen LogP contribution in [0.2, 0.25) is 5.02 Å². The van der Waals surface area contributed by atoms with E-state index in [0.29, 0.717) is 55.0 Å². The standard InChI is InChI=1S/C29H39ClN6O3/c1-20-5-6-25(15-26(20)30)36(28(38)22-7-13-34(14-8-22)21(2)37)11-4-10-33-16-23-18-35(19-24(23)17-33)29(39)27-9-12-32(3)31-27/h5-6,9,12,15,22-24H,4,7-8,10-11,13-14,16-19H2,1-3H3. The first kappa shape index (κ1) is 27.6. The number of aromatic nitrogens is 2. The topological polar surface area (TPSA) is 82.0 Å². The van der Waals surface area contributed by atoms with Crippen LogP contribution < -0.4 is 4.90 Å². The van der Waals surface area contributed by atoms with Crippen LogP contribution in [0.25, 0.3) is 0 Å². The number of carbonyl (C=O) groups excluding carboxylic acids is 3. The van der Waals surface area contributed by atoms with Gasteiger partial charge in [0, 0.05) is 82.6 Å². The monoisotopic (exact) mass is 554 g/mol. The summed E-state index contributed by atoms with van der Waals surface area (Å²) >= 11 is 6.45. The first-order chi connectivity index (χ1) is 18.7. The number of nitrogens with zero attached hydrogens (tertiary/aromatic N) is 6. The van der Waals surface area contributed by atoms with E-state index in [2.05, 4.69) is 10.00 Å². The lowest BCUT2D eigenvalue weighted by atomic mass is 9.94. The molecule has 3 fully saturated rings. The third-order valence-corrected chi connectivity index (χ3v) is 9.07. The minimum Gasteiger partial charge on any atom is -0.343 e. The first-order valence-corrected chi connectivity index (χ1v) is 14.4. The van der Waals surface area contributed by atoms with Crippen molar-refractivity contribution in [3.8, 4) is 0 Å². The van der Waals surface area contributed by atoms with Crippen LogP contribution in [0.15, 0.2) is 30.5 Å². The molecule has 3 aliphatic heterocycles. The largest absolute Gasteiger partial charge is 0.343 e. The molecule has 0 radical (unpaired) electrons. The molecule has 2 aromatic rings. The van der Waals surface area contributed by atoms with Crippen molar-refractivity contribution < 1.29 is 14.4 Å². The van der Waals surface area contributed by atoms with E-state index in [-0.39, 0.29) is 23.6 Å². The average Bonchev–Trinajstić information content (AvgIpc) is 3.63. The number of likely N-dealkylation sites (tertiary alicyclic amines) is 3. The molecule has 0 aliphatic carbocycles. The van der Waals surface area contributed by atoms with Gasteiger partial charge in [0.15, 0.2) is 0 Å². The highest BCUT2D eigenvalue weighted by atomic mass is 35.5. The molecule has 3 saturated heterocycles. The van der Waals surface area contributed by atoms with Gasteiger partial charge in [0.1, 0.15) is 5.69 Å². The molecule has 0 bridgehead atoms. The number of hydrogen-bond acceptors (Lipinski definition) is 5. The van der Waals surface area contributed by atoms with Gasteiger partial charge in [-0.1, -0.05) is 17.7 Å². The summed E-state index contributed by atoms with van der Waals surface area (Å²) < 4.78 is 1.67. The maximum absolute atomic E-state index is 13.7. The smallest absolute Gasteiger partial charge is 0.274 e. The molecule has 0 N–H and O–H groups in total. The number of aryl methyl sites for hydroxylation is 2. The molecule has 10 heteroatoms. The highest BCUT2D eigenvalue weighted by molar-refractivity contribution is 6.31. The number of amides is 3. The fourth-order valence-corrected chi connectivity index (χ4v) is 6.53. The minimum atomic E-state index is -0.0885. The molecule has 3 amide bonds. The number of rotatable bonds is 7. The normalized spacial score (nSPS) is 21.8. The van der Waals surface area contributed by atoms with Crippen molar-refractivity contribution in [2.24, 2.45) is 24.8 Å². The molecule has 2 atom stereocenters. The van der Waals surface area contributed by atoms with Gasteiger partial charge in [-0.25, -0.2) is 0 Å². The van der Waals surface area contributed by atoms with E-state index in [0.717, 1.165) is 50.4 Å². The highest BCUT2D eigenvalue weighted by Gasteiger charge is 2.42. The average molecular weight is 555 g/mol. The lowest BCUT2D eigenvalue weighted by molar-refractivity contribution is -0.133. The van der Waals surface area contributed by atoms with Gasteiger partial charge in [-0.3, -0.25) is 19.1 Å². The summed E-state index contributed by atoms with van der Waals surface area (Å²) in [5.74, 6) is 1.10. The summed E-state index contributed by atoms with van der Waals surface area (Å²) in [4.78, 5) is 46.4. The molecule has 4 heterocycles. The summed E-state index contributed by atoms with van der Waals surface area (Å²) in [7, 11) is 1.83. The Labute approximate surface area is 235 Å². The number of halogens is 1. The van der Waals surface area contributed by atoms with E-state index in [9.17, 15) is 14.4 Å². The van der Waals surface area contributed by atoms with Gasteiger partial charge in [0.25, 0.3) is 5.91 Å². The van der Waals surface area contributed by atoms with Gasteiger partial charge >= 0.3 is 0 Å². The summed E-state index contributed by atoms with van der Waals surface area (Å²) in [5.41, 5.74) is 2.34. The van der Waals surface area contributed by atoms with E-state index >= 15 is 0 Å². The van der Waals surface area contributed by atoms with Gasteiger partial charge in [-0.15, -0.1) is 0 Å². The second kappa shape index (κ2) is 11.7. The number of carbonyl (C=O) groups is 3. The van der Waals surface area contributed by atoms with Crippen LogP contribution in [0.4, 0.5) is 5.69 Å². The molecule has 1 aromatic heterocycles. The summed E-state index contributed by atoms with van der Waals surface area (Å²) in [6, 6.07) is 7.63. The number of hydrogen-bond donors (Lipinski definition) is 0. The molecule has 39 heavy (non-hydrogen) atoms. The number of fused-ring (bicyclic) bond motifs is 1. The zero-order chi connectivity index (χ0) is 27.7. The third-order valence-electron chi connectivity index (χ3n) is 8.66. The number of anilines is 1. The van der Waals surface area contributed by atoms with Crippen molar-refractivity contribution in [1.29, 1.82) is 0 Å². The number of benzene rings is 1. The predicted molar refractivity (Wildman–Crippen MR) is 151 cm³/mol. The fraction of sp³-hybridized carbons (Fsp3) is 0.586. The summed E-state index contributed by atoms with van der Waals surface area (Å²) in [6.07, 6.45) is 4.05. The second-order valence-corrected chi connectivity index (χ2v) is 11.8. The quantitative estimate of drug-likeness (QED) is 0.525. The fourth-order valence-electron chi connectivity index (χ4n) is 6.36. The van der Waals surface area contributed by atoms with Crippen molar-refractivity contribution in [3.05, 3.63) is 46.7 Å². The molecular formula is C29H39ClN6O3. The Kier molecular flexibility index (Phi) is 8.28. The van der Waals surface area contributed by atoms with Crippen molar-refractivity contribution in [2.75, 3.05) is 57.3 Å². The maximum Gasteiger partial charge on any atom is 0.274 e. The van der Waals surface area contributed by atoms with Crippen LogP contribution in [0.1, 0.15) is 42.2 Å². The van der Waals surface area contributed by atoms with Gasteiger partial charge in [0.2, 0.25) is 11.8 Å². The Balaban J connectivity index is 1.16. The maximum atomic E-state index is 13.7. The van der Waals surface area contributed by atoms with Crippen LogP contribution >= 0.6 is 11.6 Å².